The van der Waals surface area contributed by atoms with Crippen LogP contribution in [-0.4, -0.2) is 154 Å². The summed E-state index contributed by atoms with van der Waals surface area (Å²) in [7, 11) is 0. The zero-order valence-electron chi connectivity index (χ0n) is 39.1. The molecule has 9 amide bonds. The molecular formula is C43H69N13O12. The van der Waals surface area contributed by atoms with Gasteiger partial charge in [0, 0.05) is 25.9 Å². The van der Waals surface area contributed by atoms with Crippen LogP contribution in [0, 0.1) is 5.92 Å². The van der Waals surface area contributed by atoms with E-state index in [1.165, 1.54) is 25.7 Å². The maximum atomic E-state index is 13.4. The van der Waals surface area contributed by atoms with E-state index in [9.17, 15) is 58.2 Å². The van der Waals surface area contributed by atoms with Crippen molar-refractivity contribution in [3.8, 4) is 0 Å². The Labute approximate surface area is 394 Å². The first kappa shape index (κ1) is 57.2. The van der Waals surface area contributed by atoms with Gasteiger partial charge in [-0.15, -0.1) is 0 Å². The van der Waals surface area contributed by atoms with Gasteiger partial charge in [-0.25, -0.2) is 4.79 Å². The van der Waals surface area contributed by atoms with Crippen LogP contribution in [0.1, 0.15) is 85.1 Å². The van der Waals surface area contributed by atoms with Crippen LogP contribution in [0.2, 0.25) is 0 Å². The van der Waals surface area contributed by atoms with Gasteiger partial charge >= 0.3 is 5.97 Å². The standard InChI is InChI=1S/C43H69N13O12/c1-22(2)19-29(39(64)54-30(42(67)68)20-26-11-7-6-8-12-26)53-36(61)24(4)50-35(60)23(3)51-40(65)31-14-10-18-56(31)33(59)21-49-38(63)28(15-16-32(45)58)52-41(66)34(25(5)57)55-37(62)27(44)13-9-17-48-43(46)47/h6-8,11-12,22-25,27-31,34,57H,9-10,13-21,44H2,1-5H3,(H2,45,58)(H,49,63)(H,50,60)(H,51,65)(H,52,66)(H,53,61)(H,54,64)(H,55,62)(H,67,68)(H4,46,47,48)/t23-,24-,25+,27-,28-,29-,30-,31-,34-/m0/s1. The molecule has 0 unspecified atom stereocenters. The number of aliphatic carboxylic acids is 1. The largest absolute Gasteiger partial charge is 0.480 e. The Morgan fingerprint density at radius 2 is 1.34 bits per heavy atom. The highest BCUT2D eigenvalue weighted by molar-refractivity contribution is 5.97. The van der Waals surface area contributed by atoms with E-state index in [4.69, 9.17) is 22.9 Å². The summed E-state index contributed by atoms with van der Waals surface area (Å²) in [6.07, 6.45) is -0.952. The lowest BCUT2D eigenvalue weighted by molar-refractivity contribution is -0.142. The summed E-state index contributed by atoms with van der Waals surface area (Å²) < 4.78 is 0. The number of nitrogens with zero attached hydrogens (tertiary/aromatic N) is 2. The van der Waals surface area contributed by atoms with E-state index in [0.717, 1.165) is 0 Å². The number of carbonyl (C=O) groups excluding carboxylic acids is 9. The lowest BCUT2D eigenvalue weighted by Gasteiger charge is -2.27. The first-order valence-corrected chi connectivity index (χ1v) is 22.3. The summed E-state index contributed by atoms with van der Waals surface area (Å²) in [5.41, 5.74) is 22.4. The number of benzene rings is 1. The minimum Gasteiger partial charge on any atom is -0.480 e. The Balaban J connectivity index is 2.01. The van der Waals surface area contributed by atoms with E-state index in [1.807, 2.05) is 13.8 Å². The molecule has 1 aliphatic rings. The third kappa shape index (κ3) is 19.9. The van der Waals surface area contributed by atoms with Gasteiger partial charge < -0.3 is 75.3 Å². The molecule has 1 saturated heterocycles. The van der Waals surface area contributed by atoms with Gasteiger partial charge in [0.2, 0.25) is 53.2 Å². The molecule has 17 N–H and O–H groups in total. The zero-order chi connectivity index (χ0) is 51.2. The second kappa shape index (κ2) is 28.3. The second-order valence-corrected chi connectivity index (χ2v) is 17.1. The first-order valence-electron chi connectivity index (χ1n) is 22.3. The lowest BCUT2D eigenvalue weighted by Crippen LogP contribution is -2.59. The lowest BCUT2D eigenvalue weighted by atomic mass is 10.0. The topological polar surface area (TPSA) is 415 Å². The van der Waals surface area contributed by atoms with Crippen LogP contribution in [0.5, 0.6) is 0 Å². The third-order valence-electron chi connectivity index (χ3n) is 10.7. The molecule has 1 aliphatic heterocycles. The van der Waals surface area contributed by atoms with Crippen molar-refractivity contribution in [2.24, 2.45) is 33.8 Å². The molecule has 1 aromatic rings. The molecule has 378 valence electrons. The van der Waals surface area contributed by atoms with Gasteiger partial charge in [0.25, 0.3) is 0 Å². The molecule has 0 spiro atoms. The van der Waals surface area contributed by atoms with Crippen LogP contribution in [0.15, 0.2) is 35.3 Å². The number of hydrogen-bond donors (Lipinski definition) is 13. The molecule has 0 aliphatic carbocycles. The minimum atomic E-state index is -1.59. The van der Waals surface area contributed by atoms with Gasteiger partial charge in [0.1, 0.15) is 42.3 Å². The van der Waals surface area contributed by atoms with Gasteiger partial charge in [0.15, 0.2) is 5.96 Å². The van der Waals surface area contributed by atoms with E-state index in [2.05, 4.69) is 42.2 Å². The fourth-order valence-electron chi connectivity index (χ4n) is 6.96. The van der Waals surface area contributed by atoms with Crippen LogP contribution in [0.3, 0.4) is 0 Å². The van der Waals surface area contributed by atoms with E-state index < -0.39 is 120 Å². The van der Waals surface area contributed by atoms with Crippen molar-refractivity contribution in [1.82, 2.24) is 42.1 Å². The number of carboxylic acids is 1. The number of rotatable bonds is 28. The van der Waals surface area contributed by atoms with Crippen LogP contribution >= 0.6 is 0 Å². The van der Waals surface area contributed by atoms with Crippen LogP contribution in [-0.2, 0) is 54.4 Å². The number of nitrogens with two attached hydrogens (primary N) is 4. The summed E-state index contributed by atoms with van der Waals surface area (Å²) >= 11 is 0. The number of hydrogen-bond acceptors (Lipinski definition) is 13. The van der Waals surface area contributed by atoms with Crippen LogP contribution < -0.4 is 60.2 Å². The van der Waals surface area contributed by atoms with Crippen molar-refractivity contribution < 1.29 is 58.2 Å². The molecule has 2 rings (SSSR count). The predicted octanol–water partition coefficient (Wildman–Crippen LogP) is -4.56. The number of aliphatic hydroxyl groups excluding tert-OH is 1. The molecule has 1 fully saturated rings. The molecule has 25 heteroatoms. The van der Waals surface area contributed by atoms with Gasteiger partial charge in [-0.3, -0.25) is 48.1 Å². The number of guanidine groups is 1. The average Bonchev–Trinajstić information content (AvgIpc) is 3.77. The maximum Gasteiger partial charge on any atom is 0.326 e. The van der Waals surface area contributed by atoms with Crippen molar-refractivity contribution in [1.29, 1.82) is 0 Å². The van der Waals surface area contributed by atoms with E-state index in [1.54, 1.807) is 30.3 Å². The summed E-state index contributed by atoms with van der Waals surface area (Å²) in [4.78, 5) is 134. The highest BCUT2D eigenvalue weighted by Gasteiger charge is 2.37. The molecule has 25 nitrogen and oxygen atoms in total. The molecule has 68 heavy (non-hydrogen) atoms. The number of aliphatic hydroxyl groups is 1. The first-order chi connectivity index (χ1) is 31.9. The molecule has 1 aromatic carbocycles. The quantitative estimate of drug-likeness (QED) is 0.0214. The molecule has 1 heterocycles. The summed E-state index contributed by atoms with van der Waals surface area (Å²) in [5, 5.41) is 37.3. The smallest absolute Gasteiger partial charge is 0.326 e. The van der Waals surface area contributed by atoms with E-state index >= 15 is 0 Å². The van der Waals surface area contributed by atoms with Gasteiger partial charge in [-0.05, 0) is 70.8 Å². The number of carboxylic acid groups (broad SMARTS) is 1. The Hall–Kier alpha value is -6.89. The number of primary amides is 1. The number of aliphatic imine (C=N–C) groups is 1. The summed E-state index contributed by atoms with van der Waals surface area (Å²) in [6, 6.07) is -1.37. The molecule has 0 radical (unpaired) electrons. The Morgan fingerprint density at radius 3 is 1.93 bits per heavy atom. The van der Waals surface area contributed by atoms with Crippen molar-refractivity contribution in [3.05, 3.63) is 35.9 Å². The van der Waals surface area contributed by atoms with Gasteiger partial charge in [0.05, 0.1) is 18.7 Å². The molecular weight excluding hydrogens is 891 g/mol. The number of carbonyl (C=O) groups is 10. The minimum absolute atomic E-state index is 0.00496. The van der Waals surface area contributed by atoms with Crippen LogP contribution in [0.4, 0.5) is 0 Å². The maximum absolute atomic E-state index is 13.4. The predicted molar refractivity (Wildman–Crippen MR) is 246 cm³/mol. The fourth-order valence-corrected chi connectivity index (χ4v) is 6.96. The van der Waals surface area contributed by atoms with Crippen LogP contribution in [0.25, 0.3) is 0 Å². The fraction of sp³-hybridized carbons (Fsp3) is 0.605. The third-order valence-corrected chi connectivity index (χ3v) is 10.7. The average molecular weight is 960 g/mol. The van der Waals surface area contributed by atoms with Crippen molar-refractivity contribution in [2.75, 3.05) is 19.6 Å². The number of amides is 9. The molecule has 0 bridgehead atoms. The molecule has 0 saturated carbocycles. The highest BCUT2D eigenvalue weighted by atomic mass is 16.4. The summed E-state index contributed by atoms with van der Waals surface area (Å²) in [5.74, 6) is -8.68. The van der Waals surface area contributed by atoms with Crippen molar-refractivity contribution in [3.63, 3.8) is 0 Å². The Bertz CT molecular complexity index is 1960. The number of likely N-dealkylation sites (tertiary alicyclic amines) is 1. The SMILES string of the molecule is CC(C)C[C@H](NC(=O)[C@H](C)NC(=O)[C@H](C)NC(=O)[C@@H]1CCCN1C(=O)CNC(=O)[C@H](CCC(N)=O)NC(=O)[C@@H](NC(=O)[C@@H](N)CCCN=C(N)N)[C@@H](C)O)C(=O)N[C@@H](Cc1ccccc1)C(=O)O. The van der Waals surface area contributed by atoms with Gasteiger partial charge in [-0.2, -0.15) is 0 Å². The zero-order valence-corrected chi connectivity index (χ0v) is 39.1. The van der Waals surface area contributed by atoms with E-state index in [0.29, 0.717) is 18.4 Å². The molecule has 0 aromatic heterocycles. The monoisotopic (exact) mass is 960 g/mol. The van der Waals surface area contributed by atoms with E-state index in [-0.39, 0.29) is 63.5 Å². The van der Waals surface area contributed by atoms with Crippen molar-refractivity contribution in [2.45, 2.75) is 140 Å². The summed E-state index contributed by atoms with van der Waals surface area (Å²) in [6.45, 7) is 7.20. The Morgan fingerprint density at radius 1 is 0.735 bits per heavy atom. The highest BCUT2D eigenvalue weighted by Crippen LogP contribution is 2.18. The van der Waals surface area contributed by atoms with Gasteiger partial charge in [-0.1, -0.05) is 44.2 Å². The number of nitrogens with one attached hydrogen (secondary N) is 7. The van der Waals surface area contributed by atoms with Crippen molar-refractivity contribution >= 4 is 65.1 Å². The molecule has 9 atom stereocenters. The second-order valence-electron chi connectivity index (χ2n) is 17.1. The normalized spacial score (nSPS) is 16.8. The Kier molecular flexibility index (Phi) is 23.8.